The van der Waals surface area contributed by atoms with Gasteiger partial charge in [0.1, 0.15) is 0 Å². The first kappa shape index (κ1) is 13.4. The molecule has 0 saturated heterocycles. The molecule has 1 amide bonds. The lowest BCUT2D eigenvalue weighted by atomic mass is 10.2. The lowest BCUT2D eigenvalue weighted by Gasteiger charge is -2.01. The summed E-state index contributed by atoms with van der Waals surface area (Å²) >= 11 is 0. The largest absolute Gasteiger partial charge is 0.454 e. The van der Waals surface area contributed by atoms with Gasteiger partial charge in [0.05, 0.1) is 0 Å². The van der Waals surface area contributed by atoms with E-state index in [0.717, 1.165) is 17.7 Å². The zero-order valence-electron chi connectivity index (χ0n) is 10.8. The molecule has 5 heteroatoms. The van der Waals surface area contributed by atoms with E-state index in [9.17, 15) is 4.79 Å². The van der Waals surface area contributed by atoms with Gasteiger partial charge in [0.2, 0.25) is 12.7 Å². The average Bonchev–Trinajstić information content (AvgIpc) is 2.89. The van der Waals surface area contributed by atoms with Crippen LogP contribution in [0.25, 0.3) is 6.08 Å². The summed E-state index contributed by atoms with van der Waals surface area (Å²) in [6.07, 6.45) is 4.05. The van der Waals surface area contributed by atoms with Gasteiger partial charge >= 0.3 is 0 Å². The van der Waals surface area contributed by atoms with Crippen molar-refractivity contribution in [2.75, 3.05) is 27.1 Å². The van der Waals surface area contributed by atoms with Crippen molar-refractivity contribution in [1.29, 1.82) is 0 Å². The predicted octanol–water partition coefficient (Wildman–Crippen LogP) is 1.58. The second-order valence-corrected chi connectivity index (χ2v) is 4.08. The highest BCUT2D eigenvalue weighted by Gasteiger charge is 2.12. The van der Waals surface area contributed by atoms with Gasteiger partial charge in [-0.2, -0.15) is 0 Å². The monoisotopic (exact) mass is 263 g/mol. The fourth-order valence-corrected chi connectivity index (χ4v) is 1.68. The molecule has 0 fully saturated rings. The van der Waals surface area contributed by atoms with E-state index in [0.29, 0.717) is 18.9 Å². The molecule has 1 aromatic rings. The number of carbonyl (C=O) groups is 1. The molecule has 0 aliphatic carbocycles. The quantitative estimate of drug-likeness (QED) is 0.625. The zero-order valence-corrected chi connectivity index (χ0v) is 10.8. The SMILES string of the molecule is COCCCNC(=O)C=Cc1ccc2c(c1)OCO2. The Morgan fingerprint density at radius 3 is 3.11 bits per heavy atom. The number of ether oxygens (including phenoxy) is 3. The van der Waals surface area contributed by atoms with E-state index >= 15 is 0 Å². The molecule has 1 aliphatic rings. The molecule has 1 aromatic carbocycles. The summed E-state index contributed by atoms with van der Waals surface area (Å²) in [6, 6.07) is 5.55. The average molecular weight is 263 g/mol. The van der Waals surface area contributed by atoms with Crippen LogP contribution in [0, 0.1) is 0 Å². The molecule has 0 spiro atoms. The standard InChI is InChI=1S/C14H17NO4/c1-17-8-2-7-15-14(16)6-4-11-3-5-12-13(9-11)19-10-18-12/h3-6,9H,2,7-8,10H2,1H3,(H,15,16). The highest BCUT2D eigenvalue weighted by atomic mass is 16.7. The molecule has 0 aromatic heterocycles. The first-order chi connectivity index (χ1) is 9.29. The molecule has 1 aliphatic heterocycles. The fraction of sp³-hybridized carbons (Fsp3) is 0.357. The van der Waals surface area contributed by atoms with Crippen LogP contribution in [0.1, 0.15) is 12.0 Å². The molecule has 1 N–H and O–H groups in total. The van der Waals surface area contributed by atoms with Gasteiger partial charge in [-0.15, -0.1) is 0 Å². The normalized spacial score (nSPS) is 12.9. The van der Waals surface area contributed by atoms with Crippen molar-refractivity contribution in [2.24, 2.45) is 0 Å². The minimum atomic E-state index is -0.117. The summed E-state index contributed by atoms with van der Waals surface area (Å²) in [5.41, 5.74) is 0.899. The predicted molar refractivity (Wildman–Crippen MR) is 71.1 cm³/mol. The van der Waals surface area contributed by atoms with Crippen LogP contribution in [0.5, 0.6) is 11.5 Å². The van der Waals surface area contributed by atoms with Crippen molar-refractivity contribution >= 4 is 12.0 Å². The van der Waals surface area contributed by atoms with Crippen molar-refractivity contribution in [3.05, 3.63) is 29.8 Å². The molecule has 1 heterocycles. The number of nitrogens with one attached hydrogen (secondary N) is 1. The van der Waals surface area contributed by atoms with Crippen LogP contribution in [0.15, 0.2) is 24.3 Å². The molecule has 0 bridgehead atoms. The van der Waals surface area contributed by atoms with Crippen molar-refractivity contribution in [3.8, 4) is 11.5 Å². The Labute approximate surface area is 112 Å². The van der Waals surface area contributed by atoms with E-state index in [1.807, 2.05) is 18.2 Å². The van der Waals surface area contributed by atoms with Gasteiger partial charge in [-0.1, -0.05) is 6.07 Å². The first-order valence-corrected chi connectivity index (χ1v) is 6.14. The Morgan fingerprint density at radius 2 is 2.26 bits per heavy atom. The number of carbonyl (C=O) groups excluding carboxylic acids is 1. The minimum Gasteiger partial charge on any atom is -0.454 e. The third-order valence-electron chi connectivity index (χ3n) is 2.65. The second-order valence-electron chi connectivity index (χ2n) is 4.08. The van der Waals surface area contributed by atoms with Gasteiger partial charge in [0, 0.05) is 26.3 Å². The van der Waals surface area contributed by atoms with E-state index in [-0.39, 0.29) is 12.7 Å². The Bertz CT molecular complexity index is 471. The van der Waals surface area contributed by atoms with Gasteiger partial charge in [0.15, 0.2) is 11.5 Å². The lowest BCUT2D eigenvalue weighted by molar-refractivity contribution is -0.116. The van der Waals surface area contributed by atoms with Crippen LogP contribution in [-0.2, 0) is 9.53 Å². The highest BCUT2D eigenvalue weighted by Crippen LogP contribution is 2.32. The zero-order chi connectivity index (χ0) is 13.5. The topological polar surface area (TPSA) is 56.8 Å². The van der Waals surface area contributed by atoms with Crippen LogP contribution < -0.4 is 14.8 Å². The van der Waals surface area contributed by atoms with E-state index in [4.69, 9.17) is 14.2 Å². The number of methoxy groups -OCH3 is 1. The van der Waals surface area contributed by atoms with E-state index < -0.39 is 0 Å². The lowest BCUT2D eigenvalue weighted by Crippen LogP contribution is -2.22. The molecule has 5 nitrogen and oxygen atoms in total. The molecule has 19 heavy (non-hydrogen) atoms. The number of benzene rings is 1. The number of hydrogen-bond acceptors (Lipinski definition) is 4. The third-order valence-corrected chi connectivity index (χ3v) is 2.65. The molecule has 0 radical (unpaired) electrons. The summed E-state index contributed by atoms with van der Waals surface area (Å²) < 4.78 is 15.4. The van der Waals surface area contributed by atoms with Crippen LogP contribution in [0.2, 0.25) is 0 Å². The van der Waals surface area contributed by atoms with Crippen LogP contribution in [-0.4, -0.2) is 33.0 Å². The van der Waals surface area contributed by atoms with Crippen molar-refractivity contribution in [2.45, 2.75) is 6.42 Å². The number of rotatable bonds is 6. The second kappa shape index (κ2) is 6.80. The Hall–Kier alpha value is -2.01. The molecule has 0 atom stereocenters. The minimum absolute atomic E-state index is 0.117. The summed E-state index contributed by atoms with van der Waals surface area (Å²) in [4.78, 5) is 11.5. The van der Waals surface area contributed by atoms with Gasteiger partial charge in [-0.25, -0.2) is 0 Å². The van der Waals surface area contributed by atoms with E-state index in [2.05, 4.69) is 5.32 Å². The molecular formula is C14H17NO4. The molecule has 102 valence electrons. The maximum absolute atomic E-state index is 11.5. The molecule has 0 saturated carbocycles. The number of fused-ring (bicyclic) bond motifs is 1. The summed E-state index contributed by atoms with van der Waals surface area (Å²) in [7, 11) is 1.64. The van der Waals surface area contributed by atoms with Crippen molar-refractivity contribution < 1.29 is 19.0 Å². The Kier molecular flexibility index (Phi) is 4.80. The first-order valence-electron chi connectivity index (χ1n) is 6.14. The summed E-state index contributed by atoms with van der Waals surface area (Å²) in [5, 5.41) is 2.78. The van der Waals surface area contributed by atoms with Gasteiger partial charge in [-0.05, 0) is 30.2 Å². The van der Waals surface area contributed by atoms with Crippen LogP contribution in [0.3, 0.4) is 0 Å². The van der Waals surface area contributed by atoms with E-state index in [1.54, 1.807) is 13.2 Å². The van der Waals surface area contributed by atoms with Crippen molar-refractivity contribution in [3.63, 3.8) is 0 Å². The van der Waals surface area contributed by atoms with E-state index in [1.165, 1.54) is 6.08 Å². The maximum atomic E-state index is 11.5. The summed E-state index contributed by atoms with van der Waals surface area (Å²) in [6.45, 7) is 1.51. The molecular weight excluding hydrogens is 246 g/mol. The van der Waals surface area contributed by atoms with Crippen LogP contribution >= 0.6 is 0 Å². The summed E-state index contributed by atoms with van der Waals surface area (Å²) in [5.74, 6) is 1.33. The third kappa shape index (κ3) is 3.99. The molecule has 2 rings (SSSR count). The smallest absolute Gasteiger partial charge is 0.244 e. The number of hydrogen-bond donors (Lipinski definition) is 1. The fourth-order valence-electron chi connectivity index (χ4n) is 1.68. The van der Waals surface area contributed by atoms with Crippen molar-refractivity contribution in [1.82, 2.24) is 5.32 Å². The van der Waals surface area contributed by atoms with Gasteiger partial charge < -0.3 is 19.5 Å². The van der Waals surface area contributed by atoms with Gasteiger partial charge in [-0.3, -0.25) is 4.79 Å². The van der Waals surface area contributed by atoms with Crippen LogP contribution in [0.4, 0.5) is 0 Å². The molecule has 0 unspecified atom stereocenters. The maximum Gasteiger partial charge on any atom is 0.244 e. The Balaban J connectivity index is 1.83. The highest BCUT2D eigenvalue weighted by molar-refractivity contribution is 5.91. The Morgan fingerprint density at radius 1 is 1.42 bits per heavy atom. The van der Waals surface area contributed by atoms with Gasteiger partial charge in [0.25, 0.3) is 0 Å². The number of amides is 1.